The summed E-state index contributed by atoms with van der Waals surface area (Å²) < 4.78 is 15.2. The third-order valence-corrected chi connectivity index (χ3v) is 2.58. The Hall–Kier alpha value is -1.95. The molecule has 19 heavy (non-hydrogen) atoms. The smallest absolute Gasteiger partial charge is 0.340 e. The van der Waals surface area contributed by atoms with Crippen LogP contribution in [-0.4, -0.2) is 38.5 Å². The summed E-state index contributed by atoms with van der Waals surface area (Å²) in [5, 5.41) is 8.64. The first-order chi connectivity index (χ1) is 9.13. The van der Waals surface area contributed by atoms with E-state index in [0.29, 0.717) is 24.3 Å². The maximum atomic E-state index is 11.9. The maximum Gasteiger partial charge on any atom is 0.340 e. The second-order valence-electron chi connectivity index (χ2n) is 3.86. The van der Waals surface area contributed by atoms with Gasteiger partial charge in [-0.25, -0.2) is 4.79 Å². The van der Waals surface area contributed by atoms with Gasteiger partial charge in [-0.1, -0.05) is 0 Å². The van der Waals surface area contributed by atoms with E-state index in [1.165, 1.54) is 20.3 Å². The highest BCUT2D eigenvalue weighted by Gasteiger charge is 2.17. The second-order valence-corrected chi connectivity index (χ2v) is 3.86. The molecule has 0 atom stereocenters. The van der Waals surface area contributed by atoms with E-state index in [0.717, 1.165) is 0 Å². The van der Waals surface area contributed by atoms with Gasteiger partial charge in [0.15, 0.2) is 0 Å². The highest BCUT2D eigenvalue weighted by Crippen LogP contribution is 2.31. The Morgan fingerprint density at radius 1 is 1.26 bits per heavy atom. The fourth-order valence-corrected chi connectivity index (χ4v) is 1.51. The topological polar surface area (TPSA) is 91.0 Å². The molecule has 1 rings (SSSR count). The van der Waals surface area contributed by atoms with Crippen molar-refractivity contribution < 1.29 is 24.1 Å². The van der Waals surface area contributed by atoms with Gasteiger partial charge in [-0.15, -0.1) is 0 Å². The van der Waals surface area contributed by atoms with Gasteiger partial charge in [0, 0.05) is 12.7 Å². The lowest BCUT2D eigenvalue weighted by Gasteiger charge is -2.12. The first-order valence-electron chi connectivity index (χ1n) is 5.93. The molecule has 0 fully saturated rings. The molecular formula is C13H19NO5. The molecule has 0 unspecified atom stereocenters. The van der Waals surface area contributed by atoms with E-state index in [1.54, 1.807) is 6.07 Å². The molecule has 3 N–H and O–H groups in total. The number of aliphatic hydroxyl groups excluding tert-OH is 1. The van der Waals surface area contributed by atoms with Crippen LogP contribution in [0.3, 0.4) is 0 Å². The monoisotopic (exact) mass is 269 g/mol. The van der Waals surface area contributed by atoms with Crippen molar-refractivity contribution in [2.75, 3.05) is 33.2 Å². The first-order valence-corrected chi connectivity index (χ1v) is 5.93. The van der Waals surface area contributed by atoms with Crippen molar-refractivity contribution in [3.05, 3.63) is 17.7 Å². The zero-order valence-corrected chi connectivity index (χ0v) is 11.1. The van der Waals surface area contributed by atoms with Crippen molar-refractivity contribution in [1.29, 1.82) is 0 Å². The molecule has 0 aliphatic carbocycles. The molecule has 0 saturated heterocycles. The number of unbranched alkanes of at least 4 members (excludes halogenated alkanes) is 1. The van der Waals surface area contributed by atoms with Crippen molar-refractivity contribution in [3.63, 3.8) is 0 Å². The Morgan fingerprint density at radius 3 is 2.58 bits per heavy atom. The summed E-state index contributed by atoms with van der Waals surface area (Å²) in [4.78, 5) is 11.9. The number of carbonyl (C=O) groups is 1. The van der Waals surface area contributed by atoms with Gasteiger partial charge < -0.3 is 25.1 Å². The van der Waals surface area contributed by atoms with Crippen LogP contribution in [0, 0.1) is 0 Å². The number of benzene rings is 1. The average Bonchev–Trinajstić information content (AvgIpc) is 2.43. The summed E-state index contributed by atoms with van der Waals surface area (Å²) in [5.41, 5.74) is 6.25. The molecule has 0 heterocycles. The molecular weight excluding hydrogens is 250 g/mol. The zero-order chi connectivity index (χ0) is 14.3. The minimum Gasteiger partial charge on any atom is -0.497 e. The Kier molecular flexibility index (Phi) is 5.95. The van der Waals surface area contributed by atoms with Crippen LogP contribution >= 0.6 is 0 Å². The lowest BCUT2D eigenvalue weighted by molar-refractivity contribution is 0.0493. The number of hydrogen-bond acceptors (Lipinski definition) is 6. The molecule has 0 radical (unpaired) electrons. The number of esters is 1. The largest absolute Gasteiger partial charge is 0.497 e. The van der Waals surface area contributed by atoms with E-state index >= 15 is 0 Å². The van der Waals surface area contributed by atoms with Gasteiger partial charge in [0.05, 0.1) is 32.1 Å². The molecule has 0 aliphatic heterocycles. The van der Waals surface area contributed by atoms with Crippen LogP contribution in [-0.2, 0) is 4.74 Å². The third-order valence-electron chi connectivity index (χ3n) is 2.58. The fraction of sp³-hybridized carbons (Fsp3) is 0.462. The standard InChI is InChI=1S/C13H19NO5/c1-17-9-7-10(12(14)11(8-9)18-2)13(16)19-6-4-3-5-15/h7-8,15H,3-6,14H2,1-2H3. The number of rotatable bonds is 7. The Labute approximate surface area is 112 Å². The lowest BCUT2D eigenvalue weighted by Crippen LogP contribution is -2.10. The van der Waals surface area contributed by atoms with Crippen LogP contribution in [0.5, 0.6) is 11.5 Å². The van der Waals surface area contributed by atoms with E-state index in [4.69, 9.17) is 25.1 Å². The van der Waals surface area contributed by atoms with Crippen LogP contribution in [0.25, 0.3) is 0 Å². The summed E-state index contributed by atoms with van der Waals surface area (Å²) in [5.74, 6) is 0.294. The normalized spacial score (nSPS) is 10.1. The van der Waals surface area contributed by atoms with Gasteiger partial charge in [-0.05, 0) is 18.9 Å². The van der Waals surface area contributed by atoms with Crippen molar-refractivity contribution in [1.82, 2.24) is 0 Å². The Morgan fingerprint density at radius 2 is 2.00 bits per heavy atom. The highest BCUT2D eigenvalue weighted by atomic mass is 16.5. The van der Waals surface area contributed by atoms with Gasteiger partial charge in [-0.2, -0.15) is 0 Å². The highest BCUT2D eigenvalue weighted by molar-refractivity contribution is 5.97. The number of methoxy groups -OCH3 is 2. The molecule has 0 bridgehead atoms. The number of nitrogen functional groups attached to an aromatic ring is 1. The number of carbonyl (C=O) groups excluding carboxylic acids is 1. The predicted octanol–water partition coefficient (Wildman–Crippen LogP) is 1.22. The molecule has 6 nitrogen and oxygen atoms in total. The van der Waals surface area contributed by atoms with Gasteiger partial charge in [-0.3, -0.25) is 0 Å². The minimum atomic E-state index is -0.535. The van der Waals surface area contributed by atoms with E-state index in [-0.39, 0.29) is 24.5 Å². The van der Waals surface area contributed by atoms with E-state index in [1.807, 2.05) is 0 Å². The van der Waals surface area contributed by atoms with E-state index < -0.39 is 5.97 Å². The van der Waals surface area contributed by atoms with Crippen molar-refractivity contribution >= 4 is 11.7 Å². The quantitative estimate of drug-likeness (QED) is 0.439. The van der Waals surface area contributed by atoms with Gasteiger partial charge in [0.25, 0.3) is 0 Å². The molecule has 6 heteroatoms. The Balaban J connectivity index is 2.83. The summed E-state index contributed by atoms with van der Waals surface area (Å²) in [6.07, 6.45) is 1.19. The Bertz CT molecular complexity index is 433. The summed E-state index contributed by atoms with van der Waals surface area (Å²) in [6.45, 7) is 0.311. The molecule has 0 amide bonds. The van der Waals surface area contributed by atoms with Crippen LogP contribution in [0.2, 0.25) is 0 Å². The zero-order valence-electron chi connectivity index (χ0n) is 11.1. The van der Waals surface area contributed by atoms with Crippen LogP contribution in [0.1, 0.15) is 23.2 Å². The van der Waals surface area contributed by atoms with E-state index in [2.05, 4.69) is 0 Å². The lowest BCUT2D eigenvalue weighted by atomic mass is 10.1. The van der Waals surface area contributed by atoms with E-state index in [9.17, 15) is 4.79 Å². The number of ether oxygens (including phenoxy) is 3. The van der Waals surface area contributed by atoms with Crippen molar-refractivity contribution in [2.45, 2.75) is 12.8 Å². The number of aliphatic hydroxyl groups is 1. The predicted molar refractivity (Wildman–Crippen MR) is 70.6 cm³/mol. The number of nitrogens with two attached hydrogens (primary N) is 1. The minimum absolute atomic E-state index is 0.0761. The van der Waals surface area contributed by atoms with Crippen LogP contribution < -0.4 is 15.2 Å². The van der Waals surface area contributed by atoms with Gasteiger partial charge in [0.2, 0.25) is 0 Å². The number of anilines is 1. The van der Waals surface area contributed by atoms with Crippen molar-refractivity contribution in [2.24, 2.45) is 0 Å². The maximum absolute atomic E-state index is 11.9. The third kappa shape index (κ3) is 4.03. The van der Waals surface area contributed by atoms with Gasteiger partial charge >= 0.3 is 5.97 Å². The molecule has 1 aromatic carbocycles. The summed E-state index contributed by atoms with van der Waals surface area (Å²) in [7, 11) is 2.95. The SMILES string of the molecule is COc1cc(OC)c(N)c(C(=O)OCCCCO)c1. The second kappa shape index (κ2) is 7.48. The summed E-state index contributed by atoms with van der Waals surface area (Å²) >= 11 is 0. The van der Waals surface area contributed by atoms with Crippen molar-refractivity contribution in [3.8, 4) is 11.5 Å². The molecule has 0 spiro atoms. The molecule has 0 saturated carbocycles. The first kappa shape index (κ1) is 15.1. The molecule has 0 aromatic heterocycles. The molecule has 1 aromatic rings. The fourth-order valence-electron chi connectivity index (χ4n) is 1.51. The molecule has 0 aliphatic rings. The van der Waals surface area contributed by atoms with Gasteiger partial charge in [0.1, 0.15) is 11.5 Å². The van der Waals surface area contributed by atoms with Crippen LogP contribution in [0.4, 0.5) is 5.69 Å². The summed E-state index contributed by atoms with van der Waals surface area (Å²) in [6, 6.07) is 3.10. The molecule has 106 valence electrons. The van der Waals surface area contributed by atoms with Crippen LogP contribution in [0.15, 0.2) is 12.1 Å². The number of hydrogen-bond donors (Lipinski definition) is 2. The average molecular weight is 269 g/mol.